The summed E-state index contributed by atoms with van der Waals surface area (Å²) in [5.41, 5.74) is 5.63. The van der Waals surface area contributed by atoms with Gasteiger partial charge in [-0.05, 0) is 13.3 Å². The molecule has 0 heterocycles. The number of aliphatic hydroxyl groups is 1. The van der Waals surface area contributed by atoms with Gasteiger partial charge in [-0.2, -0.15) is 0 Å². The first-order valence-electron chi connectivity index (χ1n) is 5.23. The quantitative estimate of drug-likeness (QED) is 0.446. The SMILES string of the molecule is CC#CC(O)C(N)COCCOCCC. The third-order valence-electron chi connectivity index (χ3n) is 1.73. The zero-order valence-corrected chi connectivity index (χ0v) is 9.53. The molecule has 2 atom stereocenters. The van der Waals surface area contributed by atoms with E-state index >= 15 is 0 Å². The lowest BCUT2D eigenvalue weighted by molar-refractivity contribution is 0.0310. The van der Waals surface area contributed by atoms with Crippen LogP contribution >= 0.6 is 0 Å². The highest BCUT2D eigenvalue weighted by molar-refractivity contribution is 5.05. The number of nitrogens with two attached hydrogens (primary N) is 1. The lowest BCUT2D eigenvalue weighted by atomic mass is 10.2. The molecular formula is C11H21NO3. The molecule has 0 amide bonds. The van der Waals surface area contributed by atoms with Crippen LogP contribution in [0.15, 0.2) is 0 Å². The van der Waals surface area contributed by atoms with Crippen LogP contribution in [-0.4, -0.2) is 43.7 Å². The Kier molecular flexibility index (Phi) is 9.54. The van der Waals surface area contributed by atoms with Crippen molar-refractivity contribution in [2.45, 2.75) is 32.4 Å². The van der Waals surface area contributed by atoms with Crippen molar-refractivity contribution in [3.63, 3.8) is 0 Å². The fraction of sp³-hybridized carbons (Fsp3) is 0.818. The summed E-state index contributed by atoms with van der Waals surface area (Å²) >= 11 is 0. The molecule has 0 saturated carbocycles. The summed E-state index contributed by atoms with van der Waals surface area (Å²) in [5, 5.41) is 9.35. The second kappa shape index (κ2) is 9.94. The van der Waals surface area contributed by atoms with E-state index in [0.717, 1.165) is 13.0 Å². The number of ether oxygens (including phenoxy) is 2. The van der Waals surface area contributed by atoms with E-state index in [1.807, 2.05) is 0 Å². The average molecular weight is 215 g/mol. The minimum atomic E-state index is -0.813. The van der Waals surface area contributed by atoms with E-state index in [4.69, 9.17) is 15.2 Å². The molecule has 88 valence electrons. The van der Waals surface area contributed by atoms with Gasteiger partial charge in [-0.25, -0.2) is 0 Å². The highest BCUT2D eigenvalue weighted by atomic mass is 16.5. The summed E-state index contributed by atoms with van der Waals surface area (Å²) in [4.78, 5) is 0. The van der Waals surface area contributed by atoms with Crippen LogP contribution in [0.5, 0.6) is 0 Å². The molecule has 0 saturated heterocycles. The zero-order valence-electron chi connectivity index (χ0n) is 9.53. The predicted molar refractivity (Wildman–Crippen MR) is 59.4 cm³/mol. The predicted octanol–water partition coefficient (Wildman–Crippen LogP) is 0.141. The van der Waals surface area contributed by atoms with Crippen molar-refractivity contribution in [1.82, 2.24) is 0 Å². The summed E-state index contributed by atoms with van der Waals surface area (Å²) in [6, 6.07) is -0.455. The van der Waals surface area contributed by atoms with Gasteiger partial charge in [-0.15, -0.1) is 5.92 Å². The molecule has 0 aromatic rings. The van der Waals surface area contributed by atoms with E-state index < -0.39 is 12.1 Å². The number of hydrogen-bond donors (Lipinski definition) is 2. The lowest BCUT2D eigenvalue weighted by Crippen LogP contribution is -2.38. The van der Waals surface area contributed by atoms with Gasteiger partial charge < -0.3 is 20.3 Å². The first-order valence-corrected chi connectivity index (χ1v) is 5.23. The van der Waals surface area contributed by atoms with Crippen molar-refractivity contribution >= 4 is 0 Å². The second-order valence-electron chi connectivity index (χ2n) is 3.19. The first-order chi connectivity index (χ1) is 7.22. The van der Waals surface area contributed by atoms with Gasteiger partial charge in [0.05, 0.1) is 25.9 Å². The van der Waals surface area contributed by atoms with Crippen LogP contribution in [0.25, 0.3) is 0 Å². The summed E-state index contributed by atoms with van der Waals surface area (Å²) in [6.07, 6.45) is 0.191. The van der Waals surface area contributed by atoms with Crippen molar-refractivity contribution in [2.24, 2.45) is 5.73 Å². The topological polar surface area (TPSA) is 64.7 Å². The van der Waals surface area contributed by atoms with Crippen LogP contribution in [0.2, 0.25) is 0 Å². The van der Waals surface area contributed by atoms with Gasteiger partial charge in [0.2, 0.25) is 0 Å². The normalized spacial score (nSPS) is 14.1. The Hall–Kier alpha value is -0.600. The molecule has 0 aromatic carbocycles. The minimum Gasteiger partial charge on any atom is -0.379 e. The van der Waals surface area contributed by atoms with E-state index in [1.54, 1.807) is 6.92 Å². The maximum absolute atomic E-state index is 9.35. The van der Waals surface area contributed by atoms with Crippen molar-refractivity contribution in [2.75, 3.05) is 26.4 Å². The lowest BCUT2D eigenvalue weighted by Gasteiger charge is -2.14. The molecule has 0 bridgehead atoms. The van der Waals surface area contributed by atoms with Gasteiger partial charge in [-0.3, -0.25) is 0 Å². The molecule has 0 aromatic heterocycles. The van der Waals surface area contributed by atoms with Crippen molar-refractivity contribution in [1.29, 1.82) is 0 Å². The van der Waals surface area contributed by atoms with Gasteiger partial charge in [-0.1, -0.05) is 12.8 Å². The molecule has 3 N–H and O–H groups in total. The summed E-state index contributed by atoms with van der Waals surface area (Å²) in [6.45, 7) is 5.83. The second-order valence-corrected chi connectivity index (χ2v) is 3.19. The molecular weight excluding hydrogens is 194 g/mol. The highest BCUT2D eigenvalue weighted by Gasteiger charge is 2.11. The van der Waals surface area contributed by atoms with Gasteiger partial charge >= 0.3 is 0 Å². The van der Waals surface area contributed by atoms with Crippen LogP contribution < -0.4 is 5.73 Å². The molecule has 0 radical (unpaired) electrons. The Bertz CT molecular complexity index is 198. The Morgan fingerprint density at radius 3 is 2.53 bits per heavy atom. The van der Waals surface area contributed by atoms with Gasteiger partial charge in [0, 0.05) is 6.61 Å². The summed E-state index contributed by atoms with van der Waals surface area (Å²) in [7, 11) is 0. The van der Waals surface area contributed by atoms with Crippen molar-refractivity contribution < 1.29 is 14.6 Å². The molecule has 0 aliphatic carbocycles. The van der Waals surface area contributed by atoms with Crippen molar-refractivity contribution in [3.8, 4) is 11.8 Å². The average Bonchev–Trinajstić information content (AvgIpc) is 2.23. The largest absolute Gasteiger partial charge is 0.379 e. The van der Waals surface area contributed by atoms with E-state index in [0.29, 0.717) is 19.8 Å². The molecule has 0 fully saturated rings. The van der Waals surface area contributed by atoms with Crippen LogP contribution in [0.4, 0.5) is 0 Å². The fourth-order valence-electron chi connectivity index (χ4n) is 0.930. The zero-order chi connectivity index (χ0) is 11.5. The Balaban J connectivity index is 3.37. The molecule has 0 aliphatic rings. The molecule has 4 heteroatoms. The van der Waals surface area contributed by atoms with E-state index in [9.17, 15) is 5.11 Å². The Morgan fingerprint density at radius 2 is 1.93 bits per heavy atom. The summed E-state index contributed by atoms with van der Waals surface area (Å²) < 4.78 is 10.4. The number of hydrogen-bond acceptors (Lipinski definition) is 4. The standard InChI is InChI=1S/C11H21NO3/c1-3-5-11(13)10(12)9-15-8-7-14-6-4-2/h10-11,13H,4,6-9,12H2,1-2H3. The number of aliphatic hydroxyl groups excluding tert-OH is 1. The molecule has 4 nitrogen and oxygen atoms in total. The maximum Gasteiger partial charge on any atom is 0.131 e. The van der Waals surface area contributed by atoms with Crippen LogP contribution in [0, 0.1) is 11.8 Å². The monoisotopic (exact) mass is 215 g/mol. The third-order valence-corrected chi connectivity index (χ3v) is 1.73. The summed E-state index contributed by atoms with van der Waals surface area (Å²) in [5.74, 6) is 5.18. The molecule has 15 heavy (non-hydrogen) atoms. The molecule has 0 spiro atoms. The molecule has 0 aliphatic heterocycles. The number of rotatable bonds is 8. The fourth-order valence-corrected chi connectivity index (χ4v) is 0.930. The minimum absolute atomic E-state index is 0.297. The smallest absolute Gasteiger partial charge is 0.131 e. The van der Waals surface area contributed by atoms with Crippen molar-refractivity contribution in [3.05, 3.63) is 0 Å². The van der Waals surface area contributed by atoms with Crippen LogP contribution in [0.3, 0.4) is 0 Å². The van der Waals surface area contributed by atoms with Crippen LogP contribution in [0.1, 0.15) is 20.3 Å². The van der Waals surface area contributed by atoms with Crippen LogP contribution in [-0.2, 0) is 9.47 Å². The Morgan fingerprint density at radius 1 is 1.27 bits per heavy atom. The third kappa shape index (κ3) is 8.40. The van der Waals surface area contributed by atoms with Gasteiger partial charge in [0.25, 0.3) is 0 Å². The van der Waals surface area contributed by atoms with E-state index in [2.05, 4.69) is 18.8 Å². The molecule has 0 rings (SSSR count). The first kappa shape index (κ1) is 14.4. The van der Waals surface area contributed by atoms with E-state index in [-0.39, 0.29) is 0 Å². The highest BCUT2D eigenvalue weighted by Crippen LogP contribution is 1.90. The molecule has 2 unspecified atom stereocenters. The van der Waals surface area contributed by atoms with Gasteiger partial charge in [0.1, 0.15) is 6.10 Å². The van der Waals surface area contributed by atoms with E-state index in [1.165, 1.54) is 0 Å². The van der Waals surface area contributed by atoms with Gasteiger partial charge in [0.15, 0.2) is 0 Å². The Labute approximate surface area is 91.7 Å². The maximum atomic E-state index is 9.35.